The lowest BCUT2D eigenvalue weighted by Crippen LogP contribution is -2.45. The van der Waals surface area contributed by atoms with Crippen LogP contribution < -0.4 is 5.32 Å². The number of pyridine rings is 1. The van der Waals surface area contributed by atoms with E-state index in [-0.39, 0.29) is 11.9 Å². The van der Waals surface area contributed by atoms with E-state index in [1.165, 1.54) is 0 Å². The van der Waals surface area contributed by atoms with Crippen LogP contribution in [0.2, 0.25) is 0 Å². The van der Waals surface area contributed by atoms with Gasteiger partial charge in [-0.05, 0) is 44.9 Å². The van der Waals surface area contributed by atoms with E-state index in [2.05, 4.69) is 21.3 Å². The summed E-state index contributed by atoms with van der Waals surface area (Å²) in [5.74, 6) is 1.53. The van der Waals surface area contributed by atoms with Crippen molar-refractivity contribution >= 4 is 11.7 Å². The average molecular weight is 329 g/mol. The van der Waals surface area contributed by atoms with E-state index in [1.54, 1.807) is 11.9 Å². The Balaban J connectivity index is 1.79. The van der Waals surface area contributed by atoms with E-state index in [0.717, 1.165) is 37.6 Å². The Morgan fingerprint density at radius 2 is 2.38 bits per heavy atom. The van der Waals surface area contributed by atoms with Crippen molar-refractivity contribution in [2.24, 2.45) is 5.92 Å². The smallest absolute Gasteiger partial charge is 0.239 e. The van der Waals surface area contributed by atoms with E-state index in [1.807, 2.05) is 32.0 Å². The summed E-state index contributed by atoms with van der Waals surface area (Å²) in [7, 11) is 1.77. The molecule has 0 aliphatic carbocycles. The summed E-state index contributed by atoms with van der Waals surface area (Å²) < 4.78 is 0. The summed E-state index contributed by atoms with van der Waals surface area (Å²) in [6.07, 6.45) is 1.46. The van der Waals surface area contributed by atoms with Crippen LogP contribution in [0.15, 0.2) is 18.2 Å². The van der Waals surface area contributed by atoms with Crippen LogP contribution in [0.1, 0.15) is 25.5 Å². The molecular weight excluding hydrogens is 302 g/mol. The van der Waals surface area contributed by atoms with Gasteiger partial charge in [0.15, 0.2) is 0 Å². The number of nitrogens with one attached hydrogen (secondary N) is 1. The van der Waals surface area contributed by atoms with Crippen molar-refractivity contribution in [2.45, 2.75) is 32.7 Å². The summed E-state index contributed by atoms with van der Waals surface area (Å²) in [4.78, 5) is 20.8. The Bertz CT molecular complexity index is 597. The van der Waals surface area contributed by atoms with Gasteiger partial charge in [0.1, 0.15) is 5.82 Å². The van der Waals surface area contributed by atoms with Crippen LogP contribution in [0.4, 0.5) is 5.82 Å². The molecule has 6 heteroatoms. The summed E-state index contributed by atoms with van der Waals surface area (Å²) in [5, 5.41) is 12.0. The van der Waals surface area contributed by atoms with Crippen LogP contribution in [0.25, 0.3) is 0 Å². The number of likely N-dealkylation sites (N-methyl/N-ethyl adjacent to an activating group) is 1. The van der Waals surface area contributed by atoms with Gasteiger partial charge in [0.05, 0.1) is 18.5 Å². The molecule has 2 heterocycles. The minimum atomic E-state index is -0.129. The second-order valence-electron chi connectivity index (χ2n) is 6.54. The topological polar surface area (TPSA) is 72.3 Å². The first-order valence-electron chi connectivity index (χ1n) is 8.54. The Morgan fingerprint density at radius 1 is 1.58 bits per heavy atom. The summed E-state index contributed by atoms with van der Waals surface area (Å²) in [5.41, 5.74) is 1.01. The molecular formula is C18H27N5O. The minimum absolute atomic E-state index is 0.0965. The molecule has 130 valence electrons. The molecule has 1 aliphatic heterocycles. The molecule has 1 aromatic rings. The number of carbonyl (C=O) groups is 1. The highest BCUT2D eigenvalue weighted by atomic mass is 16.2. The Morgan fingerprint density at radius 3 is 3.08 bits per heavy atom. The van der Waals surface area contributed by atoms with Gasteiger partial charge in [-0.1, -0.05) is 6.07 Å². The molecule has 1 fully saturated rings. The number of likely N-dealkylation sites (tertiary alicyclic amines) is 1. The van der Waals surface area contributed by atoms with E-state index in [4.69, 9.17) is 5.26 Å². The van der Waals surface area contributed by atoms with Gasteiger partial charge in [-0.15, -0.1) is 0 Å². The van der Waals surface area contributed by atoms with Gasteiger partial charge in [-0.2, -0.15) is 5.26 Å². The van der Waals surface area contributed by atoms with E-state index in [9.17, 15) is 4.79 Å². The molecule has 1 aromatic heterocycles. The fourth-order valence-electron chi connectivity index (χ4n) is 3.07. The quantitative estimate of drug-likeness (QED) is 0.827. The number of carbonyl (C=O) groups excluding carboxylic acids is 1. The number of nitriles is 1. The third-order valence-electron chi connectivity index (χ3n) is 4.62. The highest BCUT2D eigenvalue weighted by Crippen LogP contribution is 2.20. The van der Waals surface area contributed by atoms with E-state index in [0.29, 0.717) is 18.9 Å². The number of nitrogens with zero attached hydrogens (tertiary/aromatic N) is 4. The van der Waals surface area contributed by atoms with Crippen molar-refractivity contribution in [3.63, 3.8) is 0 Å². The van der Waals surface area contributed by atoms with Crippen LogP contribution in [-0.2, 0) is 4.79 Å². The van der Waals surface area contributed by atoms with Gasteiger partial charge >= 0.3 is 0 Å². The first-order chi connectivity index (χ1) is 11.5. The molecule has 1 amide bonds. The van der Waals surface area contributed by atoms with Crippen molar-refractivity contribution in [1.82, 2.24) is 14.8 Å². The molecule has 6 nitrogen and oxygen atoms in total. The second kappa shape index (κ2) is 8.65. The highest BCUT2D eigenvalue weighted by molar-refractivity contribution is 5.81. The molecule has 0 unspecified atom stereocenters. The lowest BCUT2D eigenvalue weighted by molar-refractivity contribution is -0.134. The van der Waals surface area contributed by atoms with Crippen molar-refractivity contribution in [3.05, 3.63) is 23.9 Å². The normalized spacial score (nSPS) is 18.8. The predicted molar refractivity (Wildman–Crippen MR) is 94.5 cm³/mol. The second-order valence-corrected chi connectivity index (χ2v) is 6.54. The molecule has 0 bridgehead atoms. The molecule has 1 saturated heterocycles. The number of hydrogen-bond donors (Lipinski definition) is 1. The minimum Gasteiger partial charge on any atom is -0.370 e. The Labute approximate surface area is 144 Å². The van der Waals surface area contributed by atoms with Crippen molar-refractivity contribution < 1.29 is 4.79 Å². The van der Waals surface area contributed by atoms with Crippen molar-refractivity contribution in [3.8, 4) is 6.07 Å². The fraction of sp³-hybridized carbons (Fsp3) is 0.611. The Kier molecular flexibility index (Phi) is 6.56. The summed E-state index contributed by atoms with van der Waals surface area (Å²) >= 11 is 0. The summed E-state index contributed by atoms with van der Waals surface area (Å²) in [6.45, 7) is 7.17. The van der Waals surface area contributed by atoms with Gasteiger partial charge in [0, 0.05) is 32.4 Å². The number of hydrogen-bond acceptors (Lipinski definition) is 5. The SMILES string of the molecule is Cc1cccc(NC[C@H]2CCN([C@H](C)C(=O)N(C)CCC#N)C2)n1. The number of aromatic nitrogens is 1. The van der Waals surface area contributed by atoms with Crippen LogP contribution in [0.3, 0.4) is 0 Å². The molecule has 0 saturated carbocycles. The molecule has 1 N–H and O–H groups in total. The van der Waals surface area contributed by atoms with Crippen LogP contribution in [-0.4, -0.2) is 60.0 Å². The van der Waals surface area contributed by atoms with Gasteiger partial charge in [-0.25, -0.2) is 4.98 Å². The molecule has 2 rings (SSSR count). The first kappa shape index (κ1) is 18.2. The lowest BCUT2D eigenvalue weighted by atomic mass is 10.1. The van der Waals surface area contributed by atoms with Gasteiger partial charge < -0.3 is 10.2 Å². The molecule has 0 aromatic carbocycles. The lowest BCUT2D eigenvalue weighted by Gasteiger charge is -2.27. The zero-order chi connectivity index (χ0) is 17.5. The maximum atomic E-state index is 12.4. The average Bonchev–Trinajstić information content (AvgIpc) is 3.05. The highest BCUT2D eigenvalue weighted by Gasteiger charge is 2.30. The number of rotatable bonds is 7. The van der Waals surface area contributed by atoms with Crippen LogP contribution in [0, 0.1) is 24.2 Å². The van der Waals surface area contributed by atoms with Crippen LogP contribution in [0.5, 0.6) is 0 Å². The molecule has 1 aliphatic rings. The third-order valence-corrected chi connectivity index (χ3v) is 4.62. The third kappa shape index (κ3) is 4.93. The van der Waals surface area contributed by atoms with Crippen molar-refractivity contribution in [1.29, 1.82) is 5.26 Å². The van der Waals surface area contributed by atoms with Gasteiger partial charge in [0.2, 0.25) is 5.91 Å². The molecule has 0 radical (unpaired) electrons. The fourth-order valence-corrected chi connectivity index (χ4v) is 3.07. The summed E-state index contributed by atoms with van der Waals surface area (Å²) in [6, 6.07) is 7.92. The maximum absolute atomic E-state index is 12.4. The standard InChI is InChI=1S/C18H27N5O/c1-14-6-4-7-17(21-14)20-12-16-8-11-23(13-16)15(2)18(24)22(3)10-5-9-19/h4,6-7,15-16H,5,8,10-13H2,1-3H3,(H,20,21)/t15-,16-/m1/s1. The Hall–Kier alpha value is -2.13. The molecule has 0 spiro atoms. The van der Waals surface area contributed by atoms with E-state index < -0.39 is 0 Å². The first-order valence-corrected chi connectivity index (χ1v) is 8.54. The zero-order valence-corrected chi connectivity index (χ0v) is 14.8. The largest absolute Gasteiger partial charge is 0.370 e. The van der Waals surface area contributed by atoms with Gasteiger partial charge in [-0.3, -0.25) is 9.69 Å². The number of anilines is 1. The van der Waals surface area contributed by atoms with E-state index >= 15 is 0 Å². The predicted octanol–water partition coefficient (Wildman–Crippen LogP) is 1.88. The number of aryl methyl sites for hydroxylation is 1. The number of amides is 1. The zero-order valence-electron chi connectivity index (χ0n) is 14.8. The monoisotopic (exact) mass is 329 g/mol. The van der Waals surface area contributed by atoms with Crippen molar-refractivity contribution in [2.75, 3.05) is 38.5 Å². The molecule has 2 atom stereocenters. The molecule has 24 heavy (non-hydrogen) atoms. The van der Waals surface area contributed by atoms with Gasteiger partial charge in [0.25, 0.3) is 0 Å². The maximum Gasteiger partial charge on any atom is 0.239 e. The van der Waals surface area contributed by atoms with Crippen LogP contribution >= 0.6 is 0 Å².